The van der Waals surface area contributed by atoms with Crippen molar-refractivity contribution in [2.75, 3.05) is 13.7 Å². The topological polar surface area (TPSA) is 65.1 Å². The number of carbonyl (C=O) groups is 2. The maximum absolute atomic E-state index is 13.2. The highest BCUT2D eigenvalue weighted by Gasteiger charge is 2.39. The van der Waals surface area contributed by atoms with Gasteiger partial charge < -0.3 is 14.2 Å². The first-order valence-corrected chi connectivity index (χ1v) is 10.2. The Morgan fingerprint density at radius 3 is 2.58 bits per heavy atom. The normalized spacial score (nSPS) is 15.8. The highest BCUT2D eigenvalue weighted by atomic mass is 35.5. The summed E-state index contributed by atoms with van der Waals surface area (Å²) in [5.41, 5.74) is 1.51. The van der Waals surface area contributed by atoms with Crippen molar-refractivity contribution in [2.45, 2.75) is 45.4 Å². The van der Waals surface area contributed by atoms with Crippen LogP contribution >= 0.6 is 11.6 Å². The van der Waals surface area contributed by atoms with Crippen molar-refractivity contribution < 1.29 is 28.2 Å². The Labute approximate surface area is 185 Å². The number of carbonyl (C=O) groups excluding carboxylic acids is 2. The van der Waals surface area contributed by atoms with Crippen molar-refractivity contribution in [3.8, 4) is 5.75 Å². The molecule has 0 bridgehead atoms. The number of hydrogen-bond donors (Lipinski definition) is 0. The highest BCUT2D eigenvalue weighted by molar-refractivity contribution is 6.31. The first-order chi connectivity index (χ1) is 14.6. The summed E-state index contributed by atoms with van der Waals surface area (Å²) in [5, 5.41) is 0.289. The molecule has 1 atom stereocenters. The number of halogens is 2. The van der Waals surface area contributed by atoms with Gasteiger partial charge >= 0.3 is 12.1 Å². The molecule has 0 saturated carbocycles. The molecule has 0 unspecified atom stereocenters. The molecular formula is C23H25ClFNO5. The predicted octanol–water partition coefficient (Wildman–Crippen LogP) is 5.07. The van der Waals surface area contributed by atoms with Gasteiger partial charge in [0.25, 0.3) is 0 Å². The number of rotatable bonds is 4. The van der Waals surface area contributed by atoms with Crippen LogP contribution in [0.5, 0.6) is 5.75 Å². The summed E-state index contributed by atoms with van der Waals surface area (Å²) in [6.45, 7) is 5.78. The molecule has 2 aromatic rings. The second-order valence-electron chi connectivity index (χ2n) is 8.23. The molecule has 3 rings (SSSR count). The van der Waals surface area contributed by atoms with Crippen molar-refractivity contribution >= 4 is 23.7 Å². The summed E-state index contributed by atoms with van der Waals surface area (Å²) in [5.74, 6) is -0.377. The minimum Gasteiger partial charge on any atom is -0.489 e. The van der Waals surface area contributed by atoms with Crippen LogP contribution in [0.25, 0.3) is 0 Å². The summed E-state index contributed by atoms with van der Waals surface area (Å²) in [4.78, 5) is 26.6. The Hall–Kier alpha value is -2.80. The monoisotopic (exact) mass is 449 g/mol. The number of amides is 1. The Bertz CT molecular complexity index is 988. The molecular weight excluding hydrogens is 425 g/mol. The van der Waals surface area contributed by atoms with Gasteiger partial charge in [0.1, 0.15) is 23.8 Å². The summed E-state index contributed by atoms with van der Waals surface area (Å²) in [6, 6.07) is 8.52. The van der Waals surface area contributed by atoms with Crippen LogP contribution in [0.1, 0.15) is 43.5 Å². The van der Waals surface area contributed by atoms with Crippen LogP contribution in [-0.2, 0) is 27.3 Å². The van der Waals surface area contributed by atoms with E-state index in [0.717, 1.165) is 5.56 Å². The average Bonchev–Trinajstić information content (AvgIpc) is 2.70. The van der Waals surface area contributed by atoms with Gasteiger partial charge in [-0.3, -0.25) is 4.90 Å². The maximum Gasteiger partial charge on any atom is 0.411 e. The molecule has 1 amide bonds. The zero-order valence-electron chi connectivity index (χ0n) is 17.9. The molecule has 2 aromatic carbocycles. The Morgan fingerprint density at radius 2 is 1.94 bits per heavy atom. The van der Waals surface area contributed by atoms with E-state index >= 15 is 0 Å². The molecule has 0 fully saturated rings. The van der Waals surface area contributed by atoms with E-state index in [1.807, 2.05) is 6.07 Å². The zero-order valence-corrected chi connectivity index (χ0v) is 18.7. The van der Waals surface area contributed by atoms with Crippen LogP contribution in [0.15, 0.2) is 36.4 Å². The fraction of sp³-hybridized carbons (Fsp3) is 0.391. The molecule has 0 radical (unpaired) electrons. The van der Waals surface area contributed by atoms with Crippen molar-refractivity contribution in [2.24, 2.45) is 0 Å². The molecule has 0 N–H and O–H groups in total. The smallest absolute Gasteiger partial charge is 0.411 e. The molecule has 8 heteroatoms. The minimum absolute atomic E-state index is 0.169. The number of nitrogens with zero attached hydrogens (tertiary/aromatic N) is 1. The quantitative estimate of drug-likeness (QED) is 0.610. The van der Waals surface area contributed by atoms with E-state index in [1.165, 1.54) is 24.1 Å². The summed E-state index contributed by atoms with van der Waals surface area (Å²) >= 11 is 6.05. The van der Waals surface area contributed by atoms with Crippen molar-refractivity contribution in [1.29, 1.82) is 0 Å². The number of ether oxygens (including phenoxy) is 3. The lowest BCUT2D eigenvalue weighted by Gasteiger charge is -2.36. The Kier molecular flexibility index (Phi) is 6.74. The van der Waals surface area contributed by atoms with Gasteiger partial charge in [0.05, 0.1) is 12.1 Å². The summed E-state index contributed by atoms with van der Waals surface area (Å²) in [7, 11) is 1.29. The van der Waals surface area contributed by atoms with E-state index in [4.69, 9.17) is 25.8 Å². The van der Waals surface area contributed by atoms with Crippen molar-refractivity contribution in [1.82, 2.24) is 4.90 Å². The van der Waals surface area contributed by atoms with Gasteiger partial charge in [0, 0.05) is 12.1 Å². The number of methoxy groups -OCH3 is 1. The summed E-state index contributed by atoms with van der Waals surface area (Å²) < 4.78 is 29.4. The van der Waals surface area contributed by atoms with E-state index in [0.29, 0.717) is 29.8 Å². The highest BCUT2D eigenvalue weighted by Crippen LogP contribution is 2.34. The van der Waals surface area contributed by atoms with E-state index in [1.54, 1.807) is 39.0 Å². The number of esters is 1. The van der Waals surface area contributed by atoms with Crippen LogP contribution < -0.4 is 4.74 Å². The predicted molar refractivity (Wildman–Crippen MR) is 114 cm³/mol. The Balaban J connectivity index is 1.82. The van der Waals surface area contributed by atoms with Gasteiger partial charge in [-0.25, -0.2) is 14.0 Å². The van der Waals surface area contributed by atoms with Gasteiger partial charge in [-0.15, -0.1) is 0 Å². The van der Waals surface area contributed by atoms with Gasteiger partial charge in [-0.1, -0.05) is 23.7 Å². The van der Waals surface area contributed by atoms with E-state index in [-0.39, 0.29) is 11.6 Å². The first-order valence-electron chi connectivity index (χ1n) is 9.86. The Morgan fingerprint density at radius 1 is 1.19 bits per heavy atom. The molecule has 0 aliphatic carbocycles. The van der Waals surface area contributed by atoms with Crippen LogP contribution in [0.2, 0.25) is 5.02 Å². The van der Waals surface area contributed by atoms with Crippen LogP contribution in [0.4, 0.5) is 9.18 Å². The van der Waals surface area contributed by atoms with Crippen molar-refractivity contribution in [3.05, 3.63) is 63.9 Å². The number of fused-ring (bicyclic) bond motifs is 1. The standard InChI is InChI=1S/C23H25ClFNO5/c1-23(2,3)31-22(28)26-10-9-14-11-17(7-8-18(14)20(26)21(27)29-4)30-13-15-5-6-16(25)12-19(15)24/h5-8,11-12,20H,9-10,13H2,1-4H3/t20-/m1/s1. The fourth-order valence-electron chi connectivity index (χ4n) is 3.38. The van der Waals surface area contributed by atoms with Crippen LogP contribution in [0.3, 0.4) is 0 Å². The summed E-state index contributed by atoms with van der Waals surface area (Å²) in [6.07, 6.45) is -0.0452. The lowest BCUT2D eigenvalue weighted by molar-refractivity contribution is -0.147. The number of hydrogen-bond acceptors (Lipinski definition) is 5. The SMILES string of the molecule is COC(=O)[C@H]1c2ccc(OCc3ccc(F)cc3Cl)cc2CCN1C(=O)OC(C)(C)C. The third-order valence-corrected chi connectivity index (χ3v) is 5.16. The van der Waals surface area contributed by atoms with E-state index in [9.17, 15) is 14.0 Å². The van der Waals surface area contributed by atoms with Gasteiger partial charge in [-0.2, -0.15) is 0 Å². The first kappa shape index (κ1) is 22.9. The number of benzene rings is 2. The molecule has 31 heavy (non-hydrogen) atoms. The lowest BCUT2D eigenvalue weighted by Crippen LogP contribution is -2.46. The second-order valence-corrected chi connectivity index (χ2v) is 8.64. The average molecular weight is 450 g/mol. The van der Waals surface area contributed by atoms with E-state index < -0.39 is 29.5 Å². The van der Waals surface area contributed by atoms with E-state index in [2.05, 4.69) is 0 Å². The maximum atomic E-state index is 13.2. The molecule has 1 aliphatic heterocycles. The molecule has 1 aliphatic rings. The van der Waals surface area contributed by atoms with Crippen molar-refractivity contribution in [3.63, 3.8) is 0 Å². The van der Waals surface area contributed by atoms with Gasteiger partial charge in [-0.05, 0) is 62.6 Å². The second kappa shape index (κ2) is 9.14. The van der Waals surface area contributed by atoms with Crippen LogP contribution in [-0.4, -0.2) is 36.2 Å². The minimum atomic E-state index is -0.899. The van der Waals surface area contributed by atoms with Crippen LogP contribution in [0, 0.1) is 5.82 Å². The molecule has 0 aromatic heterocycles. The largest absolute Gasteiger partial charge is 0.489 e. The van der Waals surface area contributed by atoms with Gasteiger partial charge in [0.15, 0.2) is 6.04 Å². The van der Waals surface area contributed by atoms with Gasteiger partial charge in [0.2, 0.25) is 0 Å². The zero-order chi connectivity index (χ0) is 22.8. The fourth-order valence-corrected chi connectivity index (χ4v) is 3.60. The lowest BCUT2D eigenvalue weighted by atomic mass is 9.92. The molecule has 166 valence electrons. The third-order valence-electron chi connectivity index (χ3n) is 4.80. The third kappa shape index (κ3) is 5.47. The molecule has 1 heterocycles. The molecule has 6 nitrogen and oxygen atoms in total. The molecule has 0 saturated heterocycles. The molecule has 0 spiro atoms.